The minimum Gasteiger partial charge on any atom is -0.282 e. The van der Waals surface area contributed by atoms with Crippen molar-refractivity contribution in [3.05, 3.63) is 30.3 Å². The predicted molar refractivity (Wildman–Crippen MR) is 36.3 cm³/mol. The Kier molecular flexibility index (Phi) is 3.96. The van der Waals surface area contributed by atoms with Crippen LogP contribution in [0.15, 0.2) is 35.2 Å². The number of hydrogen-bond acceptors (Lipinski definition) is 2. The Morgan fingerprint density at radius 2 is 1.55 bits per heavy atom. The van der Waals surface area contributed by atoms with Crippen molar-refractivity contribution in [2.45, 2.75) is 4.90 Å². The molecular formula is C6H6O3STi. The molecule has 0 aliphatic carbocycles. The average Bonchev–Trinajstić information content (AvgIpc) is 1.88. The van der Waals surface area contributed by atoms with Gasteiger partial charge < -0.3 is 0 Å². The molecule has 0 radical (unpaired) electrons. The molecule has 0 aromatic heterocycles. The van der Waals surface area contributed by atoms with E-state index in [4.69, 9.17) is 4.55 Å². The third-order valence-electron chi connectivity index (χ3n) is 1.04. The summed E-state index contributed by atoms with van der Waals surface area (Å²) in [7, 11) is -4.00. The second-order valence-corrected chi connectivity index (χ2v) is 3.21. The van der Waals surface area contributed by atoms with Gasteiger partial charge in [0.1, 0.15) is 0 Å². The van der Waals surface area contributed by atoms with Crippen molar-refractivity contribution in [3.8, 4) is 0 Å². The van der Waals surface area contributed by atoms with E-state index in [1.807, 2.05) is 0 Å². The Balaban J connectivity index is 0.000001000. The Morgan fingerprint density at radius 3 is 1.82 bits per heavy atom. The van der Waals surface area contributed by atoms with Crippen LogP contribution in [0.25, 0.3) is 0 Å². The van der Waals surface area contributed by atoms with Crippen LogP contribution in [0.4, 0.5) is 0 Å². The first-order valence-corrected chi connectivity index (χ1v) is 4.07. The minimum absolute atomic E-state index is 0. The fraction of sp³-hybridized carbons (Fsp3) is 0. The molecule has 0 spiro atoms. The molecular weight excluding hydrogens is 200 g/mol. The number of benzene rings is 1. The third kappa shape index (κ3) is 3.16. The van der Waals surface area contributed by atoms with Crippen LogP contribution in [-0.2, 0) is 31.8 Å². The summed E-state index contributed by atoms with van der Waals surface area (Å²) >= 11 is 0. The fourth-order valence-corrected chi connectivity index (χ4v) is 1.09. The van der Waals surface area contributed by atoms with Crippen LogP contribution in [0.5, 0.6) is 0 Å². The number of rotatable bonds is 1. The van der Waals surface area contributed by atoms with E-state index < -0.39 is 10.1 Å². The van der Waals surface area contributed by atoms with Gasteiger partial charge in [0.25, 0.3) is 10.1 Å². The Morgan fingerprint density at radius 1 is 1.09 bits per heavy atom. The minimum atomic E-state index is -4.00. The topological polar surface area (TPSA) is 54.4 Å². The molecule has 0 unspecified atom stereocenters. The van der Waals surface area contributed by atoms with Crippen molar-refractivity contribution < 1.29 is 34.7 Å². The maximum absolute atomic E-state index is 10.4. The van der Waals surface area contributed by atoms with Crippen molar-refractivity contribution >= 4 is 10.1 Å². The van der Waals surface area contributed by atoms with E-state index in [0.29, 0.717) is 0 Å². The summed E-state index contributed by atoms with van der Waals surface area (Å²) in [5, 5.41) is 0. The van der Waals surface area contributed by atoms with E-state index in [-0.39, 0.29) is 26.6 Å². The molecule has 0 atom stereocenters. The summed E-state index contributed by atoms with van der Waals surface area (Å²) in [5.41, 5.74) is 0. The SMILES string of the molecule is O=S(=O)(O)c1ccccc1.[Ti]. The van der Waals surface area contributed by atoms with Crippen molar-refractivity contribution in [3.63, 3.8) is 0 Å². The second-order valence-electron chi connectivity index (χ2n) is 1.79. The van der Waals surface area contributed by atoms with Crippen LogP contribution in [-0.4, -0.2) is 13.0 Å². The van der Waals surface area contributed by atoms with Gasteiger partial charge in [0.15, 0.2) is 0 Å². The van der Waals surface area contributed by atoms with Gasteiger partial charge in [-0.1, -0.05) is 18.2 Å². The first-order chi connectivity index (χ1) is 4.61. The van der Waals surface area contributed by atoms with Crippen LogP contribution in [0, 0.1) is 0 Å². The normalized spacial score (nSPS) is 10.3. The first kappa shape index (κ1) is 10.8. The molecule has 3 nitrogen and oxygen atoms in total. The molecule has 5 heteroatoms. The molecule has 0 heterocycles. The van der Waals surface area contributed by atoms with Gasteiger partial charge in [0, 0.05) is 21.7 Å². The summed E-state index contributed by atoms with van der Waals surface area (Å²) < 4.78 is 29.2. The Hall–Kier alpha value is -0.156. The Bertz CT molecular complexity index is 306. The molecule has 1 aromatic carbocycles. The van der Waals surface area contributed by atoms with Gasteiger partial charge in [-0.15, -0.1) is 0 Å². The van der Waals surface area contributed by atoms with E-state index in [2.05, 4.69) is 0 Å². The molecule has 58 valence electrons. The van der Waals surface area contributed by atoms with Gasteiger partial charge in [-0.2, -0.15) is 8.42 Å². The van der Waals surface area contributed by atoms with Gasteiger partial charge in [-0.3, -0.25) is 4.55 Å². The molecule has 0 saturated heterocycles. The van der Waals surface area contributed by atoms with Crippen LogP contribution in [0.3, 0.4) is 0 Å². The molecule has 0 bridgehead atoms. The molecule has 0 fully saturated rings. The van der Waals surface area contributed by atoms with Gasteiger partial charge in [-0.25, -0.2) is 0 Å². The van der Waals surface area contributed by atoms with Crippen molar-refractivity contribution in [1.29, 1.82) is 0 Å². The summed E-state index contributed by atoms with van der Waals surface area (Å²) in [6, 6.07) is 7.42. The molecule has 0 aliphatic heterocycles. The van der Waals surface area contributed by atoms with Crippen molar-refractivity contribution in [2.24, 2.45) is 0 Å². The van der Waals surface area contributed by atoms with Crippen LogP contribution in [0.2, 0.25) is 0 Å². The maximum Gasteiger partial charge on any atom is 0.294 e. The van der Waals surface area contributed by atoms with Crippen molar-refractivity contribution in [1.82, 2.24) is 0 Å². The van der Waals surface area contributed by atoms with E-state index in [0.717, 1.165) is 0 Å². The zero-order chi connectivity index (χ0) is 7.61. The van der Waals surface area contributed by atoms with Crippen LogP contribution < -0.4 is 0 Å². The fourth-order valence-electron chi connectivity index (χ4n) is 0.592. The standard InChI is InChI=1S/C6H6O3S.Ti/c7-10(8,9)6-4-2-1-3-5-6;/h1-5H,(H,7,8,9);. The average molecular weight is 206 g/mol. The summed E-state index contributed by atoms with van der Waals surface area (Å²) in [6.07, 6.45) is 0. The van der Waals surface area contributed by atoms with Crippen molar-refractivity contribution in [2.75, 3.05) is 0 Å². The summed E-state index contributed by atoms with van der Waals surface area (Å²) in [6.45, 7) is 0. The van der Waals surface area contributed by atoms with Gasteiger partial charge in [0.05, 0.1) is 4.90 Å². The predicted octanol–water partition coefficient (Wildman–Crippen LogP) is 0.931. The second kappa shape index (κ2) is 4.02. The largest absolute Gasteiger partial charge is 0.294 e. The summed E-state index contributed by atoms with van der Waals surface area (Å²) in [4.78, 5) is -0.0741. The maximum atomic E-state index is 10.4. The van der Waals surface area contributed by atoms with E-state index in [9.17, 15) is 8.42 Å². The Labute approximate surface area is 80.1 Å². The first-order valence-electron chi connectivity index (χ1n) is 2.63. The van der Waals surface area contributed by atoms with Crippen LogP contribution in [0.1, 0.15) is 0 Å². The molecule has 1 N–H and O–H groups in total. The van der Waals surface area contributed by atoms with Gasteiger partial charge in [0.2, 0.25) is 0 Å². The van der Waals surface area contributed by atoms with E-state index in [1.165, 1.54) is 12.1 Å². The monoisotopic (exact) mass is 206 g/mol. The molecule has 0 amide bonds. The number of hydrogen-bond donors (Lipinski definition) is 1. The van der Waals surface area contributed by atoms with Gasteiger partial charge >= 0.3 is 0 Å². The smallest absolute Gasteiger partial charge is 0.282 e. The molecule has 11 heavy (non-hydrogen) atoms. The molecule has 1 aromatic rings. The molecule has 0 saturated carbocycles. The van der Waals surface area contributed by atoms with Crippen LogP contribution >= 0.6 is 0 Å². The molecule has 1 rings (SSSR count). The quantitative estimate of drug-likeness (QED) is 0.549. The zero-order valence-electron chi connectivity index (χ0n) is 5.56. The zero-order valence-corrected chi connectivity index (χ0v) is 7.94. The van der Waals surface area contributed by atoms with E-state index >= 15 is 0 Å². The molecule has 0 aliphatic rings. The van der Waals surface area contributed by atoms with E-state index in [1.54, 1.807) is 18.2 Å². The third-order valence-corrected chi connectivity index (χ3v) is 1.91. The van der Waals surface area contributed by atoms with Gasteiger partial charge in [-0.05, 0) is 12.1 Å². The summed E-state index contributed by atoms with van der Waals surface area (Å²) in [5.74, 6) is 0.